The van der Waals surface area contributed by atoms with Crippen molar-refractivity contribution < 1.29 is 27.8 Å². The molecule has 0 aliphatic heterocycles. The maximum atomic E-state index is 11.6. The molecular weight excluding hydrogens is 245 g/mol. The number of hydrogen-bond donors (Lipinski definition) is 1. The van der Waals surface area contributed by atoms with Crippen molar-refractivity contribution in [3.63, 3.8) is 0 Å². The van der Waals surface area contributed by atoms with Crippen molar-refractivity contribution in [3.05, 3.63) is 0 Å². The highest BCUT2D eigenvalue weighted by Gasteiger charge is 2.27. The smallest absolute Gasteiger partial charge is 0.411 e. The molecule has 1 N–H and O–H groups in total. The summed E-state index contributed by atoms with van der Waals surface area (Å²) < 4.78 is 39.3. The second kappa shape index (κ2) is 7.78. The second-order valence-corrected chi connectivity index (χ2v) is 4.44. The predicted molar refractivity (Wildman–Crippen MR) is 55.7 cm³/mol. The molecule has 1 unspecified atom stereocenters. The molecule has 0 bridgehead atoms. The zero-order chi connectivity index (χ0) is 12.6. The highest BCUT2D eigenvalue weighted by atomic mass is 32.2. The number of thioether (sulfide) groups is 1. The molecule has 0 radical (unpaired) electrons. The lowest BCUT2D eigenvalue weighted by Gasteiger charge is -2.10. The SMILES string of the molecule is CCC(SCCCOCC(F)(F)F)C(=O)O. The zero-order valence-corrected chi connectivity index (χ0v) is 9.74. The van der Waals surface area contributed by atoms with Crippen LogP contribution >= 0.6 is 11.8 Å². The van der Waals surface area contributed by atoms with E-state index in [9.17, 15) is 18.0 Å². The molecule has 0 amide bonds. The fraction of sp³-hybridized carbons (Fsp3) is 0.889. The minimum Gasteiger partial charge on any atom is -0.480 e. The molecule has 0 aromatic rings. The monoisotopic (exact) mass is 260 g/mol. The van der Waals surface area contributed by atoms with Crippen LogP contribution in [0.4, 0.5) is 13.2 Å². The van der Waals surface area contributed by atoms with Crippen LogP contribution < -0.4 is 0 Å². The first-order valence-corrected chi connectivity index (χ1v) is 5.90. The van der Waals surface area contributed by atoms with Gasteiger partial charge in [0.15, 0.2) is 0 Å². The van der Waals surface area contributed by atoms with Crippen molar-refractivity contribution in [2.24, 2.45) is 0 Å². The summed E-state index contributed by atoms with van der Waals surface area (Å²) in [5, 5.41) is 8.20. The summed E-state index contributed by atoms with van der Waals surface area (Å²) in [7, 11) is 0. The normalized spacial score (nSPS) is 13.8. The van der Waals surface area contributed by atoms with Gasteiger partial charge < -0.3 is 9.84 Å². The molecule has 96 valence electrons. The number of hydrogen-bond acceptors (Lipinski definition) is 3. The molecule has 0 aliphatic carbocycles. The highest BCUT2D eigenvalue weighted by molar-refractivity contribution is 8.00. The van der Waals surface area contributed by atoms with Gasteiger partial charge in [0.05, 0.1) is 0 Å². The first-order chi connectivity index (χ1) is 7.37. The van der Waals surface area contributed by atoms with Crippen molar-refractivity contribution in [1.82, 2.24) is 0 Å². The number of carboxylic acid groups (broad SMARTS) is 1. The van der Waals surface area contributed by atoms with E-state index in [2.05, 4.69) is 4.74 Å². The molecule has 0 aromatic heterocycles. The van der Waals surface area contributed by atoms with E-state index in [-0.39, 0.29) is 6.61 Å². The number of ether oxygens (including phenoxy) is 1. The molecule has 3 nitrogen and oxygen atoms in total. The fourth-order valence-corrected chi connectivity index (χ4v) is 1.89. The van der Waals surface area contributed by atoms with E-state index in [1.807, 2.05) is 0 Å². The predicted octanol–water partition coefficient (Wildman–Crippen LogP) is 2.55. The summed E-state index contributed by atoms with van der Waals surface area (Å²) in [6, 6.07) is 0. The minimum atomic E-state index is -4.29. The fourth-order valence-electron chi connectivity index (χ4n) is 0.938. The van der Waals surface area contributed by atoms with Gasteiger partial charge in [-0.1, -0.05) is 6.92 Å². The molecule has 0 aliphatic rings. The maximum absolute atomic E-state index is 11.6. The molecule has 1 atom stereocenters. The lowest BCUT2D eigenvalue weighted by molar-refractivity contribution is -0.173. The van der Waals surface area contributed by atoms with Crippen LogP contribution in [0.15, 0.2) is 0 Å². The van der Waals surface area contributed by atoms with Crippen molar-refractivity contribution in [3.8, 4) is 0 Å². The van der Waals surface area contributed by atoms with Gasteiger partial charge >= 0.3 is 12.1 Å². The lowest BCUT2D eigenvalue weighted by Crippen LogP contribution is -2.18. The van der Waals surface area contributed by atoms with Crippen LogP contribution in [0.25, 0.3) is 0 Å². The number of carboxylic acids is 1. The van der Waals surface area contributed by atoms with Crippen LogP contribution in [-0.2, 0) is 9.53 Å². The molecule has 0 saturated heterocycles. The Morgan fingerprint density at radius 1 is 1.50 bits per heavy atom. The number of aliphatic carboxylic acids is 1. The van der Waals surface area contributed by atoms with E-state index in [0.29, 0.717) is 18.6 Å². The van der Waals surface area contributed by atoms with Gasteiger partial charge in [-0.05, 0) is 18.6 Å². The lowest BCUT2D eigenvalue weighted by atomic mass is 10.3. The van der Waals surface area contributed by atoms with Crippen molar-refractivity contribution in [2.45, 2.75) is 31.2 Å². The summed E-state index contributed by atoms with van der Waals surface area (Å²) in [5.41, 5.74) is 0. The van der Waals surface area contributed by atoms with E-state index >= 15 is 0 Å². The van der Waals surface area contributed by atoms with Gasteiger partial charge in [0, 0.05) is 6.61 Å². The first kappa shape index (κ1) is 15.6. The Kier molecular flexibility index (Phi) is 7.57. The molecule has 0 saturated carbocycles. The van der Waals surface area contributed by atoms with Crippen LogP contribution in [0.3, 0.4) is 0 Å². The standard InChI is InChI=1S/C9H15F3O3S/c1-2-7(8(13)14)16-5-3-4-15-6-9(10,11)12/h7H,2-6H2,1H3,(H,13,14). The van der Waals surface area contributed by atoms with Crippen LogP contribution in [-0.4, -0.2) is 41.5 Å². The number of halogens is 3. The maximum Gasteiger partial charge on any atom is 0.411 e. The third kappa shape index (κ3) is 8.84. The van der Waals surface area contributed by atoms with E-state index in [1.54, 1.807) is 6.92 Å². The zero-order valence-electron chi connectivity index (χ0n) is 8.92. The molecule has 0 spiro atoms. The molecule has 16 heavy (non-hydrogen) atoms. The number of alkyl halides is 3. The van der Waals surface area contributed by atoms with Crippen LogP contribution in [0.2, 0.25) is 0 Å². The first-order valence-electron chi connectivity index (χ1n) is 4.85. The quantitative estimate of drug-likeness (QED) is 0.681. The van der Waals surface area contributed by atoms with E-state index in [4.69, 9.17) is 5.11 Å². The van der Waals surface area contributed by atoms with Gasteiger partial charge in [-0.2, -0.15) is 13.2 Å². The van der Waals surface area contributed by atoms with Crippen LogP contribution in [0.5, 0.6) is 0 Å². The number of carbonyl (C=O) groups is 1. The topological polar surface area (TPSA) is 46.5 Å². The van der Waals surface area contributed by atoms with Gasteiger partial charge in [-0.15, -0.1) is 11.8 Å². The molecular formula is C9H15F3O3S. The van der Waals surface area contributed by atoms with Crippen molar-refractivity contribution >= 4 is 17.7 Å². The average Bonchev–Trinajstić information content (AvgIpc) is 2.14. The Hall–Kier alpha value is -0.430. The van der Waals surface area contributed by atoms with E-state index in [0.717, 1.165) is 0 Å². The summed E-state index contributed by atoms with van der Waals surface area (Å²) >= 11 is 1.23. The average molecular weight is 260 g/mol. The van der Waals surface area contributed by atoms with E-state index in [1.165, 1.54) is 11.8 Å². The van der Waals surface area contributed by atoms with Gasteiger partial charge in [0.25, 0.3) is 0 Å². The Morgan fingerprint density at radius 2 is 2.12 bits per heavy atom. The third-order valence-electron chi connectivity index (χ3n) is 1.66. The van der Waals surface area contributed by atoms with Crippen molar-refractivity contribution in [1.29, 1.82) is 0 Å². The minimum absolute atomic E-state index is 0.00254. The Labute approximate surface area is 96.3 Å². The van der Waals surface area contributed by atoms with Gasteiger partial charge in [0.1, 0.15) is 11.9 Å². The van der Waals surface area contributed by atoms with Gasteiger partial charge in [-0.25, -0.2) is 0 Å². The number of rotatable bonds is 8. The Bertz CT molecular complexity index is 209. The highest BCUT2D eigenvalue weighted by Crippen LogP contribution is 2.17. The Morgan fingerprint density at radius 3 is 2.56 bits per heavy atom. The summed E-state index contributed by atoms with van der Waals surface area (Å²) in [5.74, 6) is -0.397. The Balaban J connectivity index is 3.43. The largest absolute Gasteiger partial charge is 0.480 e. The van der Waals surface area contributed by atoms with Gasteiger partial charge in [-0.3, -0.25) is 4.79 Å². The van der Waals surface area contributed by atoms with E-state index < -0.39 is 24.0 Å². The summed E-state index contributed by atoms with van der Waals surface area (Å²) in [6.07, 6.45) is -3.37. The second-order valence-electron chi connectivity index (χ2n) is 3.13. The summed E-state index contributed by atoms with van der Waals surface area (Å²) in [6.45, 7) is 0.516. The molecule has 0 heterocycles. The molecule has 7 heteroatoms. The van der Waals surface area contributed by atoms with Gasteiger partial charge in [0.2, 0.25) is 0 Å². The molecule has 0 rings (SSSR count). The molecule has 0 fully saturated rings. The third-order valence-corrected chi connectivity index (χ3v) is 3.13. The van der Waals surface area contributed by atoms with Crippen LogP contribution in [0, 0.1) is 0 Å². The summed E-state index contributed by atoms with van der Waals surface area (Å²) in [4.78, 5) is 10.6. The van der Waals surface area contributed by atoms with Crippen LogP contribution in [0.1, 0.15) is 19.8 Å². The molecule has 0 aromatic carbocycles. The van der Waals surface area contributed by atoms with Crippen molar-refractivity contribution in [2.75, 3.05) is 19.0 Å².